The topological polar surface area (TPSA) is 58.6 Å². The zero-order valence-corrected chi connectivity index (χ0v) is 9.65. The monoisotopic (exact) mass is 241 g/mol. The number of hydrogen-bond acceptors (Lipinski definition) is 4. The Morgan fingerprint density at radius 3 is 2.71 bits per heavy atom. The molecule has 0 bridgehead atoms. The third-order valence-corrected chi connectivity index (χ3v) is 2.30. The van der Waals surface area contributed by atoms with Gasteiger partial charge in [0, 0.05) is 18.7 Å². The molecule has 0 saturated carbocycles. The number of anilines is 1. The van der Waals surface area contributed by atoms with Gasteiger partial charge in [-0.1, -0.05) is 0 Å². The first-order valence-electron chi connectivity index (χ1n) is 5.36. The zero-order chi connectivity index (χ0) is 12.7. The molecule has 1 aromatic rings. The number of aliphatic hydroxyl groups excluding tert-OH is 1. The molecule has 2 N–H and O–H groups in total. The van der Waals surface area contributed by atoms with Crippen LogP contribution in [-0.2, 0) is 9.53 Å². The number of esters is 1. The molecule has 17 heavy (non-hydrogen) atoms. The lowest BCUT2D eigenvalue weighted by atomic mass is 10.2. The van der Waals surface area contributed by atoms with E-state index in [4.69, 9.17) is 0 Å². The molecule has 0 spiro atoms. The van der Waals surface area contributed by atoms with Crippen LogP contribution in [0, 0.1) is 5.82 Å². The quantitative estimate of drug-likeness (QED) is 0.742. The molecule has 5 heteroatoms. The maximum atomic E-state index is 12.6. The van der Waals surface area contributed by atoms with E-state index in [0.717, 1.165) is 5.69 Å². The summed E-state index contributed by atoms with van der Waals surface area (Å²) in [6.45, 7) is 0.308. The molecule has 0 radical (unpaired) electrons. The van der Waals surface area contributed by atoms with Crippen LogP contribution < -0.4 is 5.32 Å². The van der Waals surface area contributed by atoms with Gasteiger partial charge in [0.1, 0.15) is 5.82 Å². The summed E-state index contributed by atoms with van der Waals surface area (Å²) in [5.41, 5.74) is 0.725. The van der Waals surface area contributed by atoms with Gasteiger partial charge in [0.25, 0.3) is 0 Å². The van der Waals surface area contributed by atoms with Crippen molar-refractivity contribution < 1.29 is 19.0 Å². The predicted molar refractivity (Wildman–Crippen MR) is 62.1 cm³/mol. The SMILES string of the molecule is COC(=O)CCC(O)CNc1ccc(F)cc1. The number of carbonyl (C=O) groups excluding carboxylic acids is 1. The van der Waals surface area contributed by atoms with Gasteiger partial charge < -0.3 is 15.2 Å². The summed E-state index contributed by atoms with van der Waals surface area (Å²) in [6.07, 6.45) is -0.122. The fraction of sp³-hybridized carbons (Fsp3) is 0.417. The molecule has 0 aliphatic carbocycles. The summed E-state index contributed by atoms with van der Waals surface area (Å²) in [7, 11) is 1.31. The maximum Gasteiger partial charge on any atom is 0.305 e. The van der Waals surface area contributed by atoms with E-state index in [9.17, 15) is 14.3 Å². The smallest absolute Gasteiger partial charge is 0.305 e. The van der Waals surface area contributed by atoms with Crippen LogP contribution in [0.5, 0.6) is 0 Å². The average molecular weight is 241 g/mol. The van der Waals surface area contributed by atoms with E-state index in [1.165, 1.54) is 19.2 Å². The van der Waals surface area contributed by atoms with Crippen molar-refractivity contribution >= 4 is 11.7 Å². The summed E-state index contributed by atoms with van der Waals surface area (Å²) in [5, 5.41) is 12.5. The van der Waals surface area contributed by atoms with Gasteiger partial charge in [-0.3, -0.25) is 4.79 Å². The van der Waals surface area contributed by atoms with E-state index in [2.05, 4.69) is 10.1 Å². The first-order chi connectivity index (χ1) is 8.11. The van der Waals surface area contributed by atoms with Crippen molar-refractivity contribution in [3.63, 3.8) is 0 Å². The Balaban J connectivity index is 2.25. The second-order valence-electron chi connectivity index (χ2n) is 3.66. The summed E-state index contributed by atoms with van der Waals surface area (Å²) in [5.74, 6) is -0.646. The van der Waals surface area contributed by atoms with Gasteiger partial charge in [-0.2, -0.15) is 0 Å². The Kier molecular flexibility index (Phi) is 5.42. The van der Waals surface area contributed by atoms with Gasteiger partial charge in [-0.25, -0.2) is 4.39 Å². The van der Waals surface area contributed by atoms with Crippen LogP contribution in [0.2, 0.25) is 0 Å². The lowest BCUT2D eigenvalue weighted by molar-refractivity contribution is -0.141. The molecule has 0 heterocycles. The van der Waals surface area contributed by atoms with E-state index in [-0.39, 0.29) is 18.2 Å². The number of halogens is 1. The van der Waals surface area contributed by atoms with E-state index in [0.29, 0.717) is 13.0 Å². The summed E-state index contributed by atoms with van der Waals surface area (Å²) < 4.78 is 17.1. The minimum atomic E-state index is -0.640. The van der Waals surface area contributed by atoms with Crippen molar-refractivity contribution in [1.29, 1.82) is 0 Å². The molecule has 0 amide bonds. The van der Waals surface area contributed by atoms with Crippen molar-refractivity contribution in [1.82, 2.24) is 0 Å². The number of rotatable bonds is 6. The number of benzene rings is 1. The van der Waals surface area contributed by atoms with Crippen molar-refractivity contribution in [3.8, 4) is 0 Å². The van der Waals surface area contributed by atoms with E-state index < -0.39 is 6.10 Å². The summed E-state index contributed by atoms with van der Waals surface area (Å²) >= 11 is 0. The van der Waals surface area contributed by atoms with Gasteiger partial charge >= 0.3 is 5.97 Å². The van der Waals surface area contributed by atoms with Crippen LogP contribution in [-0.4, -0.2) is 30.8 Å². The van der Waals surface area contributed by atoms with Crippen LogP contribution >= 0.6 is 0 Å². The molecule has 1 atom stereocenters. The van der Waals surface area contributed by atoms with Gasteiger partial charge in [-0.05, 0) is 30.7 Å². The molecule has 4 nitrogen and oxygen atoms in total. The number of aliphatic hydroxyl groups is 1. The Labute approximate surface area is 99.4 Å². The highest BCUT2D eigenvalue weighted by atomic mass is 19.1. The first kappa shape index (κ1) is 13.4. The Morgan fingerprint density at radius 1 is 1.47 bits per heavy atom. The lowest BCUT2D eigenvalue weighted by Crippen LogP contribution is -2.20. The predicted octanol–water partition coefficient (Wildman–Crippen LogP) is 1.55. The highest BCUT2D eigenvalue weighted by molar-refractivity contribution is 5.69. The van der Waals surface area contributed by atoms with E-state index >= 15 is 0 Å². The average Bonchev–Trinajstić information content (AvgIpc) is 2.35. The highest BCUT2D eigenvalue weighted by Crippen LogP contribution is 2.09. The molecule has 1 aromatic carbocycles. The fourth-order valence-electron chi connectivity index (χ4n) is 1.29. The van der Waals surface area contributed by atoms with Crippen LogP contribution in [0.25, 0.3) is 0 Å². The second kappa shape index (κ2) is 6.85. The fourth-order valence-corrected chi connectivity index (χ4v) is 1.29. The van der Waals surface area contributed by atoms with Gasteiger partial charge in [0.15, 0.2) is 0 Å². The maximum absolute atomic E-state index is 12.6. The molecule has 1 unspecified atom stereocenters. The number of carbonyl (C=O) groups is 1. The minimum absolute atomic E-state index is 0.183. The Hall–Kier alpha value is -1.62. The first-order valence-corrected chi connectivity index (χ1v) is 5.36. The van der Waals surface area contributed by atoms with Crippen LogP contribution in [0.4, 0.5) is 10.1 Å². The van der Waals surface area contributed by atoms with Crippen LogP contribution in [0.1, 0.15) is 12.8 Å². The standard InChI is InChI=1S/C12H16FNO3/c1-17-12(16)7-6-11(15)8-14-10-4-2-9(13)3-5-10/h2-5,11,14-15H,6-8H2,1H3. The molecule has 0 saturated heterocycles. The number of nitrogens with one attached hydrogen (secondary N) is 1. The highest BCUT2D eigenvalue weighted by Gasteiger charge is 2.07. The third-order valence-electron chi connectivity index (χ3n) is 2.30. The van der Waals surface area contributed by atoms with Crippen molar-refractivity contribution in [2.45, 2.75) is 18.9 Å². The number of methoxy groups -OCH3 is 1. The molecular formula is C12H16FNO3. The van der Waals surface area contributed by atoms with E-state index in [1.54, 1.807) is 12.1 Å². The largest absolute Gasteiger partial charge is 0.469 e. The summed E-state index contributed by atoms with van der Waals surface area (Å²) in [4.78, 5) is 10.8. The normalized spacial score (nSPS) is 11.9. The van der Waals surface area contributed by atoms with Crippen molar-refractivity contribution in [2.24, 2.45) is 0 Å². The van der Waals surface area contributed by atoms with Crippen LogP contribution in [0.3, 0.4) is 0 Å². The molecule has 0 aliphatic heterocycles. The zero-order valence-electron chi connectivity index (χ0n) is 9.65. The lowest BCUT2D eigenvalue weighted by Gasteiger charge is -2.12. The van der Waals surface area contributed by atoms with E-state index in [1.807, 2.05) is 0 Å². The summed E-state index contributed by atoms with van der Waals surface area (Å²) in [6, 6.07) is 5.84. The Bertz CT molecular complexity index is 353. The molecule has 0 fully saturated rings. The van der Waals surface area contributed by atoms with Crippen LogP contribution in [0.15, 0.2) is 24.3 Å². The van der Waals surface area contributed by atoms with Gasteiger partial charge in [-0.15, -0.1) is 0 Å². The van der Waals surface area contributed by atoms with Crippen molar-refractivity contribution in [3.05, 3.63) is 30.1 Å². The van der Waals surface area contributed by atoms with Gasteiger partial charge in [0.2, 0.25) is 0 Å². The third kappa shape index (κ3) is 5.31. The molecular weight excluding hydrogens is 225 g/mol. The molecule has 0 aliphatic rings. The van der Waals surface area contributed by atoms with Crippen molar-refractivity contribution in [2.75, 3.05) is 19.0 Å². The molecule has 1 rings (SSSR count). The molecule has 0 aromatic heterocycles. The second-order valence-corrected chi connectivity index (χ2v) is 3.66. The Morgan fingerprint density at radius 2 is 2.12 bits per heavy atom. The number of ether oxygens (including phenoxy) is 1. The molecule has 94 valence electrons. The van der Waals surface area contributed by atoms with Gasteiger partial charge in [0.05, 0.1) is 13.2 Å². The number of hydrogen-bond donors (Lipinski definition) is 2. The minimum Gasteiger partial charge on any atom is -0.469 e.